The lowest BCUT2D eigenvalue weighted by Gasteiger charge is -2.12. The first kappa shape index (κ1) is 14.4. The molecular formula is C11H14ClN3O3. The molecule has 0 aliphatic carbocycles. The molecule has 6 nitrogen and oxygen atoms in total. The van der Waals surface area contributed by atoms with E-state index in [4.69, 9.17) is 17.3 Å². The molecule has 98 valence electrons. The third kappa shape index (κ3) is 3.68. The topological polar surface area (TPSA) is 98.3 Å². The third-order valence-corrected chi connectivity index (χ3v) is 2.67. The van der Waals surface area contributed by atoms with Gasteiger partial charge in [-0.2, -0.15) is 0 Å². The van der Waals surface area contributed by atoms with Crippen LogP contribution in [-0.4, -0.2) is 16.9 Å². The number of carbonyl (C=O) groups excluding carboxylic acids is 1. The normalized spacial score (nSPS) is 11.9. The molecule has 0 saturated carbocycles. The van der Waals surface area contributed by atoms with Gasteiger partial charge in [-0.15, -0.1) is 0 Å². The summed E-state index contributed by atoms with van der Waals surface area (Å²) in [6.07, 6.45) is 1.36. The number of amides is 1. The number of nitrogens with one attached hydrogen (secondary N) is 1. The summed E-state index contributed by atoms with van der Waals surface area (Å²) in [6, 6.07) is 3.23. The summed E-state index contributed by atoms with van der Waals surface area (Å²) in [6.45, 7) is 1.92. The van der Waals surface area contributed by atoms with Gasteiger partial charge >= 0.3 is 0 Å². The average Bonchev–Trinajstić information content (AvgIpc) is 2.31. The molecule has 0 fully saturated rings. The lowest BCUT2D eigenvalue weighted by atomic mass is 10.1. The van der Waals surface area contributed by atoms with Crippen molar-refractivity contribution in [1.29, 1.82) is 0 Å². The van der Waals surface area contributed by atoms with E-state index in [9.17, 15) is 14.9 Å². The molecule has 0 aromatic heterocycles. The smallest absolute Gasteiger partial charge is 0.271 e. The Morgan fingerprint density at radius 2 is 2.28 bits per heavy atom. The Kier molecular flexibility index (Phi) is 5.06. The molecular weight excluding hydrogens is 258 g/mol. The molecule has 1 rings (SSSR count). The molecule has 0 radical (unpaired) electrons. The Balaban J connectivity index is 2.79. The summed E-state index contributed by atoms with van der Waals surface area (Å²) in [5.74, 6) is -0.354. The maximum absolute atomic E-state index is 11.6. The SMILES string of the molecule is CCC[C@H](N)C(=O)Nc1ccc([N+](=O)[O-])cc1Cl. The fourth-order valence-corrected chi connectivity index (χ4v) is 1.61. The number of nitrogens with zero attached hydrogens (tertiary/aromatic N) is 1. The first-order chi connectivity index (χ1) is 8.45. The van der Waals surface area contributed by atoms with Crippen LogP contribution in [0.5, 0.6) is 0 Å². The molecule has 0 aliphatic rings. The zero-order valence-corrected chi connectivity index (χ0v) is 10.6. The maximum Gasteiger partial charge on any atom is 0.271 e. The Morgan fingerprint density at radius 3 is 2.78 bits per heavy atom. The van der Waals surface area contributed by atoms with E-state index >= 15 is 0 Å². The molecule has 7 heteroatoms. The zero-order chi connectivity index (χ0) is 13.7. The van der Waals surface area contributed by atoms with Crippen LogP contribution in [0, 0.1) is 10.1 Å². The van der Waals surface area contributed by atoms with Crippen LogP contribution in [0.25, 0.3) is 0 Å². The van der Waals surface area contributed by atoms with E-state index in [1.54, 1.807) is 0 Å². The van der Waals surface area contributed by atoms with Gasteiger partial charge in [0.05, 0.1) is 21.7 Å². The van der Waals surface area contributed by atoms with Crippen LogP contribution in [-0.2, 0) is 4.79 Å². The number of anilines is 1. The van der Waals surface area contributed by atoms with E-state index < -0.39 is 11.0 Å². The third-order valence-electron chi connectivity index (χ3n) is 2.36. The minimum absolute atomic E-state index is 0.112. The Morgan fingerprint density at radius 1 is 1.61 bits per heavy atom. The van der Waals surface area contributed by atoms with E-state index in [0.717, 1.165) is 6.42 Å². The highest BCUT2D eigenvalue weighted by Crippen LogP contribution is 2.26. The lowest BCUT2D eigenvalue weighted by molar-refractivity contribution is -0.384. The largest absolute Gasteiger partial charge is 0.323 e. The number of non-ortho nitro benzene ring substituents is 1. The summed E-state index contributed by atoms with van der Waals surface area (Å²) in [4.78, 5) is 21.6. The molecule has 1 amide bonds. The summed E-state index contributed by atoms with van der Waals surface area (Å²) in [5.41, 5.74) is 5.83. The molecule has 18 heavy (non-hydrogen) atoms. The molecule has 0 unspecified atom stereocenters. The molecule has 1 atom stereocenters. The van der Waals surface area contributed by atoms with Crippen LogP contribution in [0.15, 0.2) is 18.2 Å². The minimum Gasteiger partial charge on any atom is -0.323 e. The molecule has 0 heterocycles. The van der Waals surface area contributed by atoms with Crippen LogP contribution in [0.4, 0.5) is 11.4 Å². The first-order valence-electron chi connectivity index (χ1n) is 5.46. The Hall–Kier alpha value is -1.66. The van der Waals surface area contributed by atoms with Gasteiger partial charge in [-0.1, -0.05) is 24.9 Å². The highest BCUT2D eigenvalue weighted by Gasteiger charge is 2.15. The van der Waals surface area contributed by atoms with Gasteiger partial charge in [0.25, 0.3) is 5.69 Å². The predicted octanol–water partition coefficient (Wildman–Crippen LogP) is 2.31. The van der Waals surface area contributed by atoms with E-state index in [0.29, 0.717) is 12.1 Å². The van der Waals surface area contributed by atoms with Crippen molar-refractivity contribution in [3.63, 3.8) is 0 Å². The fourth-order valence-electron chi connectivity index (χ4n) is 1.39. The van der Waals surface area contributed by atoms with Gasteiger partial charge in [0.2, 0.25) is 5.91 Å². The van der Waals surface area contributed by atoms with Crippen molar-refractivity contribution in [2.24, 2.45) is 5.73 Å². The number of hydrogen-bond acceptors (Lipinski definition) is 4. The van der Waals surface area contributed by atoms with Crippen molar-refractivity contribution in [2.45, 2.75) is 25.8 Å². The molecule has 0 aliphatic heterocycles. The predicted molar refractivity (Wildman–Crippen MR) is 69.6 cm³/mol. The molecule has 3 N–H and O–H groups in total. The number of nitrogens with two attached hydrogens (primary N) is 1. The van der Waals surface area contributed by atoms with Crippen LogP contribution >= 0.6 is 11.6 Å². The lowest BCUT2D eigenvalue weighted by Crippen LogP contribution is -2.35. The second-order valence-corrected chi connectivity index (χ2v) is 4.21. The molecule has 0 spiro atoms. The number of nitro groups is 1. The standard InChI is InChI=1S/C11H14ClN3O3/c1-2-3-9(13)11(16)14-10-5-4-7(15(17)18)6-8(10)12/h4-6,9H,2-3,13H2,1H3,(H,14,16)/t9-/m0/s1. The Labute approximate surface area is 109 Å². The van der Waals surface area contributed by atoms with Crippen molar-refractivity contribution < 1.29 is 9.72 Å². The first-order valence-corrected chi connectivity index (χ1v) is 5.84. The maximum atomic E-state index is 11.6. The van der Waals surface area contributed by atoms with Gasteiger partial charge in [0, 0.05) is 12.1 Å². The summed E-state index contributed by atoms with van der Waals surface area (Å²) in [7, 11) is 0. The fraction of sp³-hybridized carbons (Fsp3) is 0.364. The number of halogens is 1. The van der Waals surface area contributed by atoms with Crippen LogP contribution < -0.4 is 11.1 Å². The van der Waals surface area contributed by atoms with Crippen molar-refractivity contribution in [1.82, 2.24) is 0 Å². The van der Waals surface area contributed by atoms with E-state index in [2.05, 4.69) is 5.32 Å². The average molecular weight is 272 g/mol. The van der Waals surface area contributed by atoms with Gasteiger partial charge in [-0.05, 0) is 12.5 Å². The van der Waals surface area contributed by atoms with Crippen molar-refractivity contribution in [3.8, 4) is 0 Å². The van der Waals surface area contributed by atoms with Gasteiger partial charge in [-0.3, -0.25) is 14.9 Å². The van der Waals surface area contributed by atoms with Crippen LogP contribution in [0.3, 0.4) is 0 Å². The number of benzene rings is 1. The number of carbonyl (C=O) groups is 1. The highest BCUT2D eigenvalue weighted by atomic mass is 35.5. The van der Waals surface area contributed by atoms with E-state index in [1.165, 1.54) is 18.2 Å². The monoisotopic (exact) mass is 271 g/mol. The number of rotatable bonds is 5. The van der Waals surface area contributed by atoms with Crippen molar-refractivity contribution in [2.75, 3.05) is 5.32 Å². The van der Waals surface area contributed by atoms with Gasteiger partial charge in [0.1, 0.15) is 0 Å². The van der Waals surface area contributed by atoms with Gasteiger partial charge in [0.15, 0.2) is 0 Å². The minimum atomic E-state index is -0.610. The van der Waals surface area contributed by atoms with E-state index in [1.807, 2.05) is 6.92 Å². The molecule has 0 saturated heterocycles. The second kappa shape index (κ2) is 6.32. The molecule has 0 bridgehead atoms. The Bertz CT molecular complexity index is 465. The van der Waals surface area contributed by atoms with Crippen LogP contribution in [0.2, 0.25) is 5.02 Å². The van der Waals surface area contributed by atoms with Crippen molar-refractivity contribution in [3.05, 3.63) is 33.3 Å². The summed E-state index contributed by atoms with van der Waals surface area (Å²) >= 11 is 5.84. The number of hydrogen-bond donors (Lipinski definition) is 2. The number of nitro benzene ring substituents is 1. The van der Waals surface area contributed by atoms with Crippen molar-refractivity contribution >= 4 is 28.9 Å². The van der Waals surface area contributed by atoms with Crippen LogP contribution in [0.1, 0.15) is 19.8 Å². The molecule has 1 aromatic rings. The summed E-state index contributed by atoms with van der Waals surface area (Å²) < 4.78 is 0. The second-order valence-electron chi connectivity index (χ2n) is 3.81. The van der Waals surface area contributed by atoms with Gasteiger partial charge < -0.3 is 11.1 Å². The van der Waals surface area contributed by atoms with E-state index in [-0.39, 0.29) is 16.6 Å². The highest BCUT2D eigenvalue weighted by molar-refractivity contribution is 6.34. The van der Waals surface area contributed by atoms with Gasteiger partial charge in [-0.25, -0.2) is 0 Å². The zero-order valence-electron chi connectivity index (χ0n) is 9.85. The summed E-state index contributed by atoms with van der Waals surface area (Å²) in [5, 5.41) is 13.2. The quantitative estimate of drug-likeness (QED) is 0.634. The molecule has 1 aromatic carbocycles.